The van der Waals surface area contributed by atoms with Crippen molar-refractivity contribution < 1.29 is 14.3 Å². The van der Waals surface area contributed by atoms with Crippen molar-refractivity contribution in [1.29, 1.82) is 0 Å². The normalized spacial score (nSPS) is 10.6. The summed E-state index contributed by atoms with van der Waals surface area (Å²) in [4.78, 5) is 15.5. The molecule has 98 valence electrons. The number of carbonyl (C=O) groups excluding carboxylic acids is 1. The van der Waals surface area contributed by atoms with E-state index in [2.05, 4.69) is 10.0 Å². The van der Waals surface area contributed by atoms with Gasteiger partial charge in [-0.3, -0.25) is 0 Å². The van der Waals surface area contributed by atoms with Gasteiger partial charge in [0.15, 0.2) is 0 Å². The third kappa shape index (κ3) is 9.47. The molecule has 0 bridgehead atoms. The molecule has 0 saturated heterocycles. The van der Waals surface area contributed by atoms with Crippen LogP contribution >= 0.6 is 0 Å². The van der Waals surface area contributed by atoms with Crippen molar-refractivity contribution in [2.75, 3.05) is 33.4 Å². The van der Waals surface area contributed by atoms with Crippen LogP contribution < -0.4 is 0 Å². The number of nitrogens with zero attached hydrogens (tertiary/aromatic N) is 4. The minimum Gasteiger partial charge on any atom is -0.444 e. The molecule has 0 rings (SSSR count). The van der Waals surface area contributed by atoms with E-state index in [-0.39, 0.29) is 6.09 Å². The second-order valence-electron chi connectivity index (χ2n) is 4.47. The Bertz CT molecular complexity index is 282. The van der Waals surface area contributed by atoms with Gasteiger partial charge in [-0.1, -0.05) is 5.11 Å². The summed E-state index contributed by atoms with van der Waals surface area (Å²) in [6, 6.07) is 0. The van der Waals surface area contributed by atoms with Crippen molar-refractivity contribution in [1.82, 2.24) is 4.90 Å². The molecular formula is C10H20N4O3. The van der Waals surface area contributed by atoms with Gasteiger partial charge >= 0.3 is 6.09 Å². The molecule has 1 amide bonds. The van der Waals surface area contributed by atoms with E-state index < -0.39 is 5.60 Å². The molecule has 0 radical (unpaired) electrons. The highest BCUT2D eigenvalue weighted by molar-refractivity contribution is 5.67. The second-order valence-corrected chi connectivity index (χ2v) is 4.47. The zero-order chi connectivity index (χ0) is 13.3. The van der Waals surface area contributed by atoms with Crippen molar-refractivity contribution in [2.24, 2.45) is 5.11 Å². The molecule has 7 nitrogen and oxygen atoms in total. The smallest absolute Gasteiger partial charge is 0.410 e. The predicted octanol–water partition coefficient (Wildman–Crippen LogP) is 2.18. The highest BCUT2D eigenvalue weighted by atomic mass is 16.6. The molecule has 0 fully saturated rings. The molecule has 0 aliphatic rings. The van der Waals surface area contributed by atoms with Crippen LogP contribution in [0.3, 0.4) is 0 Å². The van der Waals surface area contributed by atoms with Crippen LogP contribution in [0.25, 0.3) is 10.4 Å². The first-order chi connectivity index (χ1) is 7.87. The quantitative estimate of drug-likeness (QED) is 0.310. The topological polar surface area (TPSA) is 87.5 Å². The maximum Gasteiger partial charge on any atom is 0.410 e. The number of azide groups is 1. The minimum absolute atomic E-state index is 0.298. The highest BCUT2D eigenvalue weighted by Crippen LogP contribution is 2.08. The van der Waals surface area contributed by atoms with E-state index in [1.54, 1.807) is 7.05 Å². The molecule has 0 spiro atoms. The average Bonchev–Trinajstić information content (AvgIpc) is 2.20. The van der Waals surface area contributed by atoms with E-state index in [1.165, 1.54) is 4.90 Å². The van der Waals surface area contributed by atoms with E-state index in [0.29, 0.717) is 26.3 Å². The second kappa shape index (κ2) is 7.76. The van der Waals surface area contributed by atoms with Gasteiger partial charge in [-0.25, -0.2) is 4.79 Å². The number of carbonyl (C=O) groups is 1. The summed E-state index contributed by atoms with van der Waals surface area (Å²) < 4.78 is 10.3. The van der Waals surface area contributed by atoms with Crippen molar-refractivity contribution in [2.45, 2.75) is 26.4 Å². The summed E-state index contributed by atoms with van der Waals surface area (Å²) in [5, 5.41) is 3.32. The molecule has 0 unspecified atom stereocenters. The lowest BCUT2D eigenvalue weighted by molar-refractivity contribution is 0.0236. The molecule has 0 aromatic heterocycles. The van der Waals surface area contributed by atoms with Gasteiger partial charge in [-0.15, -0.1) is 0 Å². The Balaban J connectivity index is 3.68. The van der Waals surface area contributed by atoms with Crippen LogP contribution in [0, 0.1) is 0 Å². The van der Waals surface area contributed by atoms with Crippen LogP contribution in [0.15, 0.2) is 5.11 Å². The van der Waals surface area contributed by atoms with Gasteiger partial charge in [0.05, 0.1) is 13.2 Å². The van der Waals surface area contributed by atoms with Gasteiger partial charge in [-0.05, 0) is 26.3 Å². The van der Waals surface area contributed by atoms with Gasteiger partial charge in [-0.2, -0.15) is 0 Å². The fourth-order valence-electron chi connectivity index (χ4n) is 0.885. The lowest BCUT2D eigenvalue weighted by Gasteiger charge is -2.24. The molecule has 0 aromatic rings. The van der Waals surface area contributed by atoms with Crippen molar-refractivity contribution >= 4 is 6.09 Å². The van der Waals surface area contributed by atoms with Gasteiger partial charge in [0.2, 0.25) is 0 Å². The molecule has 0 atom stereocenters. The maximum absolute atomic E-state index is 11.5. The van der Waals surface area contributed by atoms with Crippen molar-refractivity contribution in [3.63, 3.8) is 0 Å². The van der Waals surface area contributed by atoms with Crippen molar-refractivity contribution in [3.8, 4) is 0 Å². The largest absolute Gasteiger partial charge is 0.444 e. The fraction of sp³-hybridized carbons (Fsp3) is 0.900. The predicted molar refractivity (Wildman–Crippen MR) is 63.7 cm³/mol. The summed E-state index contributed by atoms with van der Waals surface area (Å²) >= 11 is 0. The Kier molecular flexibility index (Phi) is 7.09. The summed E-state index contributed by atoms with van der Waals surface area (Å²) in [5.74, 6) is 0. The Morgan fingerprint density at radius 3 is 2.59 bits per heavy atom. The van der Waals surface area contributed by atoms with Crippen LogP contribution in [0.2, 0.25) is 0 Å². The molecule has 0 aliphatic carbocycles. The first-order valence-corrected chi connectivity index (χ1v) is 5.39. The highest BCUT2D eigenvalue weighted by Gasteiger charge is 2.18. The number of amides is 1. The number of ether oxygens (including phenoxy) is 2. The van der Waals surface area contributed by atoms with Crippen LogP contribution in [0.5, 0.6) is 0 Å². The molecule has 0 heterocycles. The van der Waals surface area contributed by atoms with Crippen LogP contribution in [-0.2, 0) is 9.47 Å². The van der Waals surface area contributed by atoms with E-state index in [1.807, 2.05) is 20.8 Å². The fourth-order valence-corrected chi connectivity index (χ4v) is 0.885. The van der Waals surface area contributed by atoms with Crippen molar-refractivity contribution in [3.05, 3.63) is 10.4 Å². The first-order valence-electron chi connectivity index (χ1n) is 5.39. The van der Waals surface area contributed by atoms with Gasteiger partial charge in [0.1, 0.15) is 5.60 Å². The summed E-state index contributed by atoms with van der Waals surface area (Å²) in [5.41, 5.74) is 7.53. The Morgan fingerprint density at radius 2 is 2.06 bits per heavy atom. The van der Waals surface area contributed by atoms with Crippen LogP contribution in [-0.4, -0.2) is 49.9 Å². The zero-order valence-corrected chi connectivity index (χ0v) is 10.8. The molecule has 7 heteroatoms. The Labute approximate surface area is 101 Å². The van der Waals surface area contributed by atoms with E-state index in [0.717, 1.165) is 0 Å². The minimum atomic E-state index is -0.492. The standard InChI is InChI=1S/C10H20N4O3/c1-10(2,3)17-9(15)14(4)6-8-16-7-5-12-13-11/h5-8H2,1-4H3. The molecule has 0 aromatic carbocycles. The Morgan fingerprint density at radius 1 is 1.41 bits per heavy atom. The molecule has 0 N–H and O–H groups in total. The summed E-state index contributed by atoms with van der Waals surface area (Å²) in [6.07, 6.45) is -0.379. The monoisotopic (exact) mass is 244 g/mol. The van der Waals surface area contributed by atoms with Crippen LogP contribution in [0.1, 0.15) is 20.8 Å². The maximum atomic E-state index is 11.5. The lowest BCUT2D eigenvalue weighted by Crippen LogP contribution is -2.36. The molecular weight excluding hydrogens is 224 g/mol. The van der Waals surface area contributed by atoms with E-state index >= 15 is 0 Å². The SMILES string of the molecule is CN(CCOCCN=[N+]=[N-])C(=O)OC(C)(C)C. The van der Waals surface area contributed by atoms with Gasteiger partial charge in [0.25, 0.3) is 0 Å². The Hall–Kier alpha value is -1.46. The number of hydrogen-bond acceptors (Lipinski definition) is 4. The van der Waals surface area contributed by atoms with Gasteiger partial charge in [0, 0.05) is 25.0 Å². The van der Waals surface area contributed by atoms with E-state index in [9.17, 15) is 4.79 Å². The number of likely N-dealkylation sites (N-methyl/N-ethyl adjacent to an activating group) is 1. The third-order valence-electron chi connectivity index (χ3n) is 1.68. The number of hydrogen-bond donors (Lipinski definition) is 0. The molecule has 0 saturated carbocycles. The van der Waals surface area contributed by atoms with Gasteiger partial charge < -0.3 is 14.4 Å². The summed E-state index contributed by atoms with van der Waals surface area (Å²) in [7, 11) is 1.64. The lowest BCUT2D eigenvalue weighted by atomic mass is 10.2. The molecule has 0 aliphatic heterocycles. The summed E-state index contributed by atoms with van der Waals surface area (Å²) in [6.45, 7) is 6.92. The third-order valence-corrected chi connectivity index (χ3v) is 1.68. The zero-order valence-electron chi connectivity index (χ0n) is 10.8. The number of rotatable bonds is 6. The van der Waals surface area contributed by atoms with Crippen LogP contribution in [0.4, 0.5) is 4.79 Å². The first kappa shape index (κ1) is 15.5. The van der Waals surface area contributed by atoms with E-state index in [4.69, 9.17) is 15.0 Å². The average molecular weight is 244 g/mol. The molecule has 17 heavy (non-hydrogen) atoms.